The van der Waals surface area contributed by atoms with Crippen LogP contribution in [0.1, 0.15) is 22.0 Å². The van der Waals surface area contributed by atoms with Gasteiger partial charge in [-0.15, -0.1) is 12.4 Å². The minimum absolute atomic E-state index is 0. The lowest BCUT2D eigenvalue weighted by atomic mass is 10.1. The molecule has 0 aliphatic rings. The maximum absolute atomic E-state index is 10.6. The highest BCUT2D eigenvalue weighted by molar-refractivity contribution is 5.85. The molecule has 0 aliphatic heterocycles. The Bertz CT molecular complexity index is 210. The normalized spacial score (nSPS) is 23.1. The summed E-state index contributed by atoms with van der Waals surface area (Å²) in [4.78, 5) is 10.6. The van der Waals surface area contributed by atoms with Gasteiger partial charge in [0.15, 0.2) is 0 Å². The topological polar surface area (TPSA) is 89.3 Å². The van der Waals surface area contributed by atoms with Gasteiger partial charge < -0.3 is 16.6 Å². The summed E-state index contributed by atoms with van der Waals surface area (Å²) in [6.07, 6.45) is -0.880. The standard InChI is InChI=1S/C6H14N2O2.ClH/c7-4-2-1-3-5(8)6(9)10;/h5H,1-4,7-8H2,(H,9,10);1H/t5-;/m1./s1/i3D,5D;/hD2/t3?,5-;. The Morgan fingerprint density at radius 1 is 1.82 bits per heavy atom. The summed E-state index contributed by atoms with van der Waals surface area (Å²) in [7, 11) is 0. The van der Waals surface area contributed by atoms with Gasteiger partial charge in [0, 0.05) is 1.37 Å². The summed E-state index contributed by atoms with van der Waals surface area (Å²) >= 11 is 0. The molecule has 0 amide bonds. The number of nitrogens with two attached hydrogens (primary N) is 2. The second-order valence-corrected chi connectivity index (χ2v) is 1.83. The van der Waals surface area contributed by atoms with Crippen LogP contribution in [0.2, 0.25) is 2.82 Å². The van der Waals surface area contributed by atoms with E-state index < -0.39 is 18.4 Å². The van der Waals surface area contributed by atoms with Crippen molar-refractivity contribution in [2.24, 2.45) is 11.5 Å². The Balaban J connectivity index is 0. The lowest BCUT2D eigenvalue weighted by Crippen LogP contribution is -2.29. The summed E-state index contributed by atoms with van der Waals surface area (Å²) in [5.41, 5.74) is 4.91. The molecule has 5 heteroatoms. The van der Waals surface area contributed by atoms with E-state index in [0.717, 1.165) is 0 Å². The zero-order valence-corrected chi connectivity index (χ0v) is 6.80. The predicted octanol–water partition coefficient (Wildman–Crippen LogP) is -0.0509. The van der Waals surface area contributed by atoms with E-state index >= 15 is 0 Å². The first-order valence-electron chi connectivity index (χ1n) is 4.98. The van der Waals surface area contributed by atoms with E-state index in [9.17, 15) is 4.79 Å². The van der Waals surface area contributed by atoms with Crippen LogP contribution in [0.4, 0.5) is 0 Å². The van der Waals surface area contributed by atoms with Gasteiger partial charge in [-0.2, -0.15) is 0 Å². The molecule has 0 rings (SSSR count). The van der Waals surface area contributed by atoms with Crippen LogP contribution < -0.4 is 11.5 Å². The molecule has 11 heavy (non-hydrogen) atoms. The van der Waals surface area contributed by atoms with Gasteiger partial charge in [0.2, 0.25) is 0 Å². The molecule has 0 radical (unpaired) electrons. The fourth-order valence-corrected chi connectivity index (χ4v) is 0.444. The van der Waals surface area contributed by atoms with Crippen LogP contribution in [0.5, 0.6) is 0 Å². The fraction of sp³-hybridized carbons (Fsp3) is 0.833. The van der Waals surface area contributed by atoms with Crippen LogP contribution in [0.3, 0.4) is 0 Å². The SMILES string of the molecule is Cl.[2H]C(CCCN)[C@]([2H])(C(=O)O)N([2H])[2H]. The molecule has 0 aromatic heterocycles. The van der Waals surface area contributed by atoms with Crippen LogP contribution >= 0.6 is 12.4 Å². The maximum atomic E-state index is 10.6. The van der Waals surface area contributed by atoms with Gasteiger partial charge in [0.05, 0.1) is 1.37 Å². The van der Waals surface area contributed by atoms with Crippen molar-refractivity contribution < 1.29 is 15.5 Å². The van der Waals surface area contributed by atoms with E-state index in [0.29, 0.717) is 13.0 Å². The first kappa shape index (κ1) is 6.22. The quantitative estimate of drug-likeness (QED) is 0.543. The zero-order chi connectivity index (χ0) is 11.4. The molecule has 0 fully saturated rings. The molecule has 0 spiro atoms. The second-order valence-electron chi connectivity index (χ2n) is 1.83. The average molecular weight is 187 g/mol. The third-order valence-corrected chi connectivity index (χ3v) is 0.965. The van der Waals surface area contributed by atoms with Crippen molar-refractivity contribution in [2.45, 2.75) is 25.3 Å². The monoisotopic (exact) mass is 186 g/mol. The van der Waals surface area contributed by atoms with Crippen molar-refractivity contribution >= 4 is 18.4 Å². The fourth-order valence-electron chi connectivity index (χ4n) is 0.444. The van der Waals surface area contributed by atoms with Crippen molar-refractivity contribution in [3.63, 3.8) is 0 Å². The van der Waals surface area contributed by atoms with Crippen LogP contribution in [-0.4, -0.2) is 23.6 Å². The molecule has 0 bridgehead atoms. The van der Waals surface area contributed by atoms with Gasteiger partial charge in [-0.05, 0) is 19.4 Å². The van der Waals surface area contributed by atoms with Crippen molar-refractivity contribution in [1.82, 2.24) is 0 Å². The summed E-state index contributed by atoms with van der Waals surface area (Å²) in [5, 5.41) is 8.65. The molecule has 2 atom stereocenters. The second kappa shape index (κ2) is 7.78. The molecular formula is C6H15ClN2O2. The minimum Gasteiger partial charge on any atom is -0.480 e. The molecule has 0 aromatic rings. The van der Waals surface area contributed by atoms with Gasteiger partial charge in [-0.1, -0.05) is 6.42 Å². The minimum atomic E-state index is -2.55. The van der Waals surface area contributed by atoms with Crippen molar-refractivity contribution in [2.75, 3.05) is 6.54 Å². The van der Waals surface area contributed by atoms with Crippen LogP contribution in [0.25, 0.3) is 0 Å². The van der Waals surface area contributed by atoms with Crippen molar-refractivity contribution in [3.8, 4) is 0 Å². The first-order chi connectivity index (χ1) is 6.37. The number of carboxylic acids is 1. The molecule has 0 saturated carbocycles. The van der Waals surface area contributed by atoms with E-state index in [1.165, 1.54) is 0 Å². The molecule has 5 N–H and O–H groups in total. The van der Waals surface area contributed by atoms with Gasteiger partial charge in [-0.3, -0.25) is 4.79 Å². The number of rotatable bonds is 6. The van der Waals surface area contributed by atoms with Crippen LogP contribution in [0.15, 0.2) is 0 Å². The lowest BCUT2D eigenvalue weighted by molar-refractivity contribution is -0.138. The third-order valence-electron chi connectivity index (χ3n) is 0.965. The van der Waals surface area contributed by atoms with Crippen LogP contribution in [0, 0.1) is 0 Å². The Morgan fingerprint density at radius 3 is 2.82 bits per heavy atom. The Labute approximate surface area is 78.1 Å². The predicted molar refractivity (Wildman–Crippen MR) is 45.8 cm³/mol. The van der Waals surface area contributed by atoms with E-state index in [2.05, 4.69) is 0 Å². The highest BCUT2D eigenvalue weighted by atomic mass is 35.5. The number of carbonyl (C=O) groups is 1. The van der Waals surface area contributed by atoms with Gasteiger partial charge in [-0.25, -0.2) is 0 Å². The molecule has 0 heterocycles. The molecular weight excluding hydrogens is 168 g/mol. The Kier molecular flexibility index (Phi) is 4.40. The molecule has 68 valence electrons. The lowest BCUT2D eigenvalue weighted by Gasteiger charge is -2.03. The van der Waals surface area contributed by atoms with E-state index in [-0.39, 0.29) is 24.5 Å². The smallest absolute Gasteiger partial charge is 0.320 e. The summed E-state index contributed by atoms with van der Waals surface area (Å²) < 4.78 is 28.3. The van der Waals surface area contributed by atoms with Gasteiger partial charge >= 0.3 is 5.97 Å². The van der Waals surface area contributed by atoms with Crippen molar-refractivity contribution in [3.05, 3.63) is 0 Å². The molecule has 1 unspecified atom stereocenters. The third kappa shape index (κ3) is 7.58. The maximum Gasteiger partial charge on any atom is 0.320 e. The summed E-state index contributed by atoms with van der Waals surface area (Å²) in [6, 6.07) is -2.55. The first-order valence-corrected chi connectivity index (χ1v) is 3.01. The summed E-state index contributed by atoms with van der Waals surface area (Å²) in [5.74, 6) is -1.67. The Morgan fingerprint density at radius 2 is 2.45 bits per heavy atom. The summed E-state index contributed by atoms with van der Waals surface area (Å²) in [6.45, 7) is 0.293. The van der Waals surface area contributed by atoms with E-state index in [1.807, 2.05) is 0 Å². The molecule has 0 saturated heterocycles. The van der Waals surface area contributed by atoms with E-state index in [1.54, 1.807) is 0 Å². The highest BCUT2D eigenvalue weighted by Crippen LogP contribution is 1.96. The largest absolute Gasteiger partial charge is 0.480 e. The zero-order valence-electron chi connectivity index (χ0n) is 9.99. The van der Waals surface area contributed by atoms with Crippen LogP contribution in [-0.2, 0) is 4.79 Å². The average Bonchev–Trinajstić information content (AvgIpc) is 2.11. The molecule has 0 aliphatic carbocycles. The number of aliphatic carboxylic acids is 1. The Hall–Kier alpha value is -0.320. The molecule has 0 aromatic carbocycles. The van der Waals surface area contributed by atoms with Gasteiger partial charge in [0.1, 0.15) is 8.84 Å². The van der Waals surface area contributed by atoms with Crippen molar-refractivity contribution in [1.29, 1.82) is 0 Å². The molecule has 4 nitrogen and oxygen atoms in total. The number of halogens is 1. The number of carboxylic acid groups (broad SMARTS) is 1. The highest BCUT2D eigenvalue weighted by Gasteiger charge is 2.09. The van der Waals surface area contributed by atoms with Gasteiger partial charge in [0.25, 0.3) is 0 Å². The van der Waals surface area contributed by atoms with E-state index in [4.69, 9.17) is 16.4 Å². The number of hydrogen-bond acceptors (Lipinski definition) is 3. The number of hydrogen-bond donors (Lipinski definition) is 3.